The number of piperidine rings is 1. The molecule has 122 valence electrons. The van der Waals surface area contributed by atoms with E-state index >= 15 is 0 Å². The maximum atomic E-state index is 12.4. The number of likely N-dealkylation sites (tertiary alicyclic amines) is 1. The van der Waals surface area contributed by atoms with Crippen LogP contribution in [-0.4, -0.2) is 53.9 Å². The van der Waals surface area contributed by atoms with E-state index in [2.05, 4.69) is 10.3 Å². The lowest BCUT2D eigenvalue weighted by atomic mass is 9.96. The average molecular weight is 332 g/mol. The predicted molar refractivity (Wildman–Crippen MR) is 91.6 cm³/mol. The van der Waals surface area contributed by atoms with Crippen molar-refractivity contribution >= 4 is 38.6 Å². The number of aromatic nitrogens is 1. The van der Waals surface area contributed by atoms with Crippen molar-refractivity contribution in [3.05, 3.63) is 24.3 Å². The maximum absolute atomic E-state index is 12.4. The van der Waals surface area contributed by atoms with Crippen LogP contribution >= 0.6 is 11.3 Å². The third kappa shape index (κ3) is 3.44. The molecule has 0 radical (unpaired) electrons. The summed E-state index contributed by atoms with van der Waals surface area (Å²) >= 11 is 1.48. The molecule has 6 nitrogen and oxygen atoms in total. The molecule has 1 aromatic carbocycles. The molecule has 3 amide bonds. The summed E-state index contributed by atoms with van der Waals surface area (Å²) in [6.45, 7) is 1.24. The van der Waals surface area contributed by atoms with E-state index in [0.717, 1.165) is 10.2 Å². The Bertz CT molecular complexity index is 687. The quantitative estimate of drug-likeness (QED) is 0.919. The van der Waals surface area contributed by atoms with Gasteiger partial charge in [0.25, 0.3) is 0 Å². The molecular formula is C16H20N4O2S. The molecule has 0 spiro atoms. The smallest absolute Gasteiger partial charge is 0.319 e. The molecule has 1 fully saturated rings. The highest BCUT2D eigenvalue weighted by atomic mass is 32.1. The van der Waals surface area contributed by atoms with Crippen molar-refractivity contribution < 1.29 is 9.59 Å². The van der Waals surface area contributed by atoms with Gasteiger partial charge in [-0.05, 0) is 25.0 Å². The van der Waals surface area contributed by atoms with E-state index in [9.17, 15) is 9.59 Å². The van der Waals surface area contributed by atoms with Crippen LogP contribution in [0, 0.1) is 5.92 Å². The monoisotopic (exact) mass is 332 g/mol. The Morgan fingerprint density at radius 1 is 1.26 bits per heavy atom. The minimum Gasteiger partial charge on any atom is -0.331 e. The number of carbonyl (C=O) groups excluding carboxylic acids is 2. The van der Waals surface area contributed by atoms with E-state index < -0.39 is 0 Å². The molecule has 3 rings (SSSR count). The average Bonchev–Trinajstić information content (AvgIpc) is 2.96. The molecular weight excluding hydrogens is 312 g/mol. The van der Waals surface area contributed by atoms with Gasteiger partial charge < -0.3 is 15.1 Å². The summed E-state index contributed by atoms with van der Waals surface area (Å²) in [5.74, 6) is -0.0609. The number of nitrogens with one attached hydrogen (secondary N) is 1. The van der Waals surface area contributed by atoms with Crippen LogP contribution in [-0.2, 0) is 4.79 Å². The zero-order valence-corrected chi connectivity index (χ0v) is 14.1. The van der Waals surface area contributed by atoms with Crippen molar-refractivity contribution in [1.29, 1.82) is 0 Å². The van der Waals surface area contributed by atoms with Crippen LogP contribution in [0.4, 0.5) is 9.93 Å². The molecule has 7 heteroatoms. The second-order valence-corrected chi connectivity index (χ2v) is 6.94. The van der Waals surface area contributed by atoms with Crippen molar-refractivity contribution in [3.63, 3.8) is 0 Å². The molecule has 0 atom stereocenters. The number of nitrogens with zero attached hydrogens (tertiary/aromatic N) is 3. The molecule has 23 heavy (non-hydrogen) atoms. The van der Waals surface area contributed by atoms with Gasteiger partial charge in [-0.3, -0.25) is 4.79 Å². The van der Waals surface area contributed by atoms with Crippen molar-refractivity contribution in [2.24, 2.45) is 5.92 Å². The van der Waals surface area contributed by atoms with Crippen molar-refractivity contribution in [2.45, 2.75) is 12.8 Å². The summed E-state index contributed by atoms with van der Waals surface area (Å²) in [6, 6.07) is 7.84. The highest BCUT2D eigenvalue weighted by Gasteiger charge is 2.28. The van der Waals surface area contributed by atoms with Gasteiger partial charge in [-0.1, -0.05) is 23.5 Å². The number of benzene rings is 1. The highest BCUT2D eigenvalue weighted by molar-refractivity contribution is 7.22. The number of hydrogen-bond donors (Lipinski definition) is 1. The number of amides is 3. The number of hydrogen-bond acceptors (Lipinski definition) is 4. The van der Waals surface area contributed by atoms with Crippen LogP contribution in [0.3, 0.4) is 0 Å². The first-order valence-corrected chi connectivity index (χ1v) is 8.49. The highest BCUT2D eigenvalue weighted by Crippen LogP contribution is 2.27. The van der Waals surface area contributed by atoms with Crippen LogP contribution in [0.15, 0.2) is 24.3 Å². The summed E-state index contributed by atoms with van der Waals surface area (Å²) in [4.78, 5) is 32.1. The van der Waals surface area contributed by atoms with Gasteiger partial charge in [-0.2, -0.15) is 0 Å². The lowest BCUT2D eigenvalue weighted by Gasteiger charge is -2.32. The minimum atomic E-state index is -0.0618. The Morgan fingerprint density at radius 3 is 2.61 bits per heavy atom. The lowest BCUT2D eigenvalue weighted by molar-refractivity contribution is -0.121. The maximum Gasteiger partial charge on any atom is 0.319 e. The number of para-hydroxylation sites is 1. The van der Waals surface area contributed by atoms with E-state index in [-0.39, 0.29) is 17.9 Å². The second-order valence-electron chi connectivity index (χ2n) is 5.91. The fourth-order valence-corrected chi connectivity index (χ4v) is 3.62. The summed E-state index contributed by atoms with van der Waals surface area (Å²) in [5, 5.41) is 3.56. The number of rotatable bonds is 2. The lowest BCUT2D eigenvalue weighted by Crippen LogP contribution is -2.45. The first-order chi connectivity index (χ1) is 11.0. The predicted octanol–water partition coefficient (Wildman–Crippen LogP) is 2.63. The van der Waals surface area contributed by atoms with E-state index in [1.807, 2.05) is 24.3 Å². The van der Waals surface area contributed by atoms with Crippen LogP contribution < -0.4 is 5.32 Å². The van der Waals surface area contributed by atoms with Gasteiger partial charge >= 0.3 is 6.03 Å². The van der Waals surface area contributed by atoms with Crippen LogP contribution in [0.25, 0.3) is 10.2 Å². The summed E-state index contributed by atoms with van der Waals surface area (Å²) in [5.41, 5.74) is 0.902. The Kier molecular flexibility index (Phi) is 4.47. The summed E-state index contributed by atoms with van der Waals surface area (Å²) < 4.78 is 1.06. The molecule has 0 aliphatic carbocycles. The minimum absolute atomic E-state index is 0.000933. The fourth-order valence-electron chi connectivity index (χ4n) is 2.75. The van der Waals surface area contributed by atoms with Crippen LogP contribution in [0.2, 0.25) is 0 Å². The SMILES string of the molecule is CN(C)C(=O)N1CCC(C(=O)Nc2nc3ccccc3s2)CC1. The van der Waals surface area contributed by atoms with Crippen LogP contribution in [0.5, 0.6) is 0 Å². The third-order valence-corrected chi connectivity index (χ3v) is 4.99. The van der Waals surface area contributed by atoms with Crippen molar-refractivity contribution in [3.8, 4) is 0 Å². The second kappa shape index (κ2) is 6.54. The number of anilines is 1. The Morgan fingerprint density at radius 2 is 1.96 bits per heavy atom. The van der Waals surface area contributed by atoms with Gasteiger partial charge in [0.05, 0.1) is 10.2 Å². The third-order valence-electron chi connectivity index (χ3n) is 4.04. The number of thiazole rings is 1. The van der Waals surface area contributed by atoms with E-state index in [1.165, 1.54) is 11.3 Å². The summed E-state index contributed by atoms with van der Waals surface area (Å²) in [6.07, 6.45) is 1.38. The van der Waals surface area contributed by atoms with Gasteiger partial charge in [-0.15, -0.1) is 0 Å². The fraction of sp³-hybridized carbons (Fsp3) is 0.438. The molecule has 0 unspecified atom stereocenters. The topological polar surface area (TPSA) is 65.5 Å². The molecule has 2 heterocycles. The number of carbonyl (C=O) groups is 2. The zero-order valence-electron chi connectivity index (χ0n) is 13.3. The number of urea groups is 1. The van der Waals surface area contributed by atoms with E-state index in [4.69, 9.17) is 0 Å². The summed E-state index contributed by atoms with van der Waals surface area (Å²) in [7, 11) is 3.49. The first kappa shape index (κ1) is 15.7. The van der Waals surface area contributed by atoms with E-state index in [0.29, 0.717) is 31.1 Å². The Labute approximate surface area is 139 Å². The Balaban J connectivity index is 1.58. The largest absolute Gasteiger partial charge is 0.331 e. The van der Waals surface area contributed by atoms with Gasteiger partial charge in [-0.25, -0.2) is 9.78 Å². The Hall–Kier alpha value is -2.15. The van der Waals surface area contributed by atoms with Gasteiger partial charge in [0.1, 0.15) is 0 Å². The molecule has 1 aliphatic rings. The molecule has 1 aliphatic heterocycles. The molecule has 1 aromatic heterocycles. The molecule has 0 saturated carbocycles. The van der Waals surface area contributed by atoms with Gasteiger partial charge in [0.15, 0.2) is 5.13 Å². The van der Waals surface area contributed by atoms with E-state index in [1.54, 1.807) is 23.9 Å². The molecule has 0 bridgehead atoms. The van der Waals surface area contributed by atoms with Crippen molar-refractivity contribution in [2.75, 3.05) is 32.5 Å². The number of fused-ring (bicyclic) bond motifs is 1. The zero-order chi connectivity index (χ0) is 16.4. The van der Waals surface area contributed by atoms with Gasteiger partial charge in [0.2, 0.25) is 5.91 Å². The van der Waals surface area contributed by atoms with Crippen LogP contribution in [0.1, 0.15) is 12.8 Å². The van der Waals surface area contributed by atoms with Gasteiger partial charge in [0, 0.05) is 33.1 Å². The molecule has 1 N–H and O–H groups in total. The molecule has 2 aromatic rings. The standard InChI is InChI=1S/C16H20N4O2S/c1-19(2)16(22)20-9-7-11(8-10-20)14(21)18-15-17-12-5-3-4-6-13(12)23-15/h3-6,11H,7-10H2,1-2H3,(H,17,18,21). The normalized spacial score (nSPS) is 15.7. The molecule has 1 saturated heterocycles. The first-order valence-electron chi connectivity index (χ1n) is 7.67. The van der Waals surface area contributed by atoms with Crippen molar-refractivity contribution in [1.82, 2.24) is 14.8 Å².